The summed E-state index contributed by atoms with van der Waals surface area (Å²) in [6, 6.07) is 0.286. The molecule has 1 saturated carbocycles. The van der Waals surface area contributed by atoms with Crippen molar-refractivity contribution < 1.29 is 0 Å². The van der Waals surface area contributed by atoms with Crippen LogP contribution < -0.4 is 5.32 Å². The lowest BCUT2D eigenvalue weighted by atomic mass is 10.0. The number of rotatable bonds is 3. The zero-order valence-electron chi connectivity index (χ0n) is 11.4. The van der Waals surface area contributed by atoms with Crippen LogP contribution in [0.2, 0.25) is 0 Å². The largest absolute Gasteiger partial charge is 0.311 e. The summed E-state index contributed by atoms with van der Waals surface area (Å²) < 4.78 is 2.70. The van der Waals surface area contributed by atoms with Gasteiger partial charge in [-0.3, -0.25) is 0 Å². The second-order valence-corrected chi connectivity index (χ2v) is 6.83. The molecule has 96 valence electrons. The second-order valence-electron chi connectivity index (χ2n) is 6.08. The molecular weight excluding hydrogens is 280 g/mol. The third-order valence-electron chi connectivity index (χ3n) is 4.90. The molecule has 4 nitrogen and oxygen atoms in total. The summed E-state index contributed by atoms with van der Waals surface area (Å²) in [5.74, 6) is 0.591. The number of aryl methyl sites for hydroxylation is 1. The average molecular weight is 301 g/mol. The minimum Gasteiger partial charge on any atom is -0.311 e. The molecule has 0 aromatic carbocycles. The molecule has 17 heavy (non-hydrogen) atoms. The van der Waals surface area contributed by atoms with Crippen LogP contribution in [0.15, 0.2) is 4.60 Å². The van der Waals surface area contributed by atoms with Gasteiger partial charge in [0.1, 0.15) is 0 Å². The molecule has 1 aliphatic rings. The lowest BCUT2D eigenvalue weighted by Crippen LogP contribution is -2.24. The van der Waals surface area contributed by atoms with Gasteiger partial charge < -0.3 is 5.32 Å². The van der Waals surface area contributed by atoms with E-state index >= 15 is 0 Å². The Balaban J connectivity index is 2.38. The number of hydrogen-bond donors (Lipinski definition) is 1. The minimum atomic E-state index is 0.286. The van der Waals surface area contributed by atoms with Crippen LogP contribution in [0.4, 0.5) is 0 Å². The monoisotopic (exact) mass is 300 g/mol. The summed E-state index contributed by atoms with van der Waals surface area (Å²) in [5.41, 5.74) is 1.81. The first-order chi connectivity index (χ1) is 7.75. The van der Waals surface area contributed by atoms with E-state index in [0.29, 0.717) is 16.7 Å². The second kappa shape index (κ2) is 3.79. The van der Waals surface area contributed by atoms with Crippen molar-refractivity contribution in [1.29, 1.82) is 0 Å². The Morgan fingerprint density at radius 2 is 1.82 bits per heavy atom. The average Bonchev–Trinajstić information content (AvgIpc) is 2.51. The maximum absolute atomic E-state index is 4.08. The van der Waals surface area contributed by atoms with Gasteiger partial charge in [0.05, 0.1) is 11.7 Å². The van der Waals surface area contributed by atoms with Gasteiger partial charge in [0, 0.05) is 7.05 Å². The van der Waals surface area contributed by atoms with Crippen LogP contribution in [0, 0.1) is 16.7 Å². The predicted octanol–water partition coefficient (Wildman–Crippen LogP) is 2.52. The molecule has 1 unspecified atom stereocenters. The summed E-state index contributed by atoms with van der Waals surface area (Å²) >= 11 is 3.50. The summed E-state index contributed by atoms with van der Waals surface area (Å²) in [6.45, 7) is 9.33. The molecule has 0 saturated heterocycles. The van der Waals surface area contributed by atoms with Crippen LogP contribution in [0.5, 0.6) is 0 Å². The van der Waals surface area contributed by atoms with Gasteiger partial charge in [0.25, 0.3) is 0 Å². The molecular formula is C12H21BrN4. The van der Waals surface area contributed by atoms with E-state index in [0.717, 1.165) is 10.3 Å². The maximum Gasteiger partial charge on any atom is 0.153 e. The van der Waals surface area contributed by atoms with E-state index in [-0.39, 0.29) is 6.04 Å². The molecule has 2 rings (SSSR count). The van der Waals surface area contributed by atoms with Crippen LogP contribution in [0.1, 0.15) is 39.4 Å². The molecule has 0 spiro atoms. The lowest BCUT2D eigenvalue weighted by Gasteiger charge is -2.18. The molecule has 1 atom stereocenters. The van der Waals surface area contributed by atoms with Gasteiger partial charge in [-0.05, 0) is 39.7 Å². The predicted molar refractivity (Wildman–Crippen MR) is 71.6 cm³/mol. The molecule has 1 N–H and O–H groups in total. The Hall–Kier alpha value is -0.420. The van der Waals surface area contributed by atoms with E-state index in [2.05, 4.69) is 59.3 Å². The van der Waals surface area contributed by atoms with E-state index in [1.807, 2.05) is 18.8 Å². The lowest BCUT2D eigenvalue weighted by molar-refractivity contribution is 0.412. The number of nitrogens with zero attached hydrogens (tertiary/aromatic N) is 3. The van der Waals surface area contributed by atoms with Crippen molar-refractivity contribution in [3.63, 3.8) is 0 Å². The molecule has 1 aromatic rings. The van der Waals surface area contributed by atoms with Crippen molar-refractivity contribution in [2.45, 2.75) is 33.7 Å². The summed E-state index contributed by atoms with van der Waals surface area (Å²) in [6.07, 6.45) is 0. The van der Waals surface area contributed by atoms with Crippen LogP contribution in [0.25, 0.3) is 0 Å². The Morgan fingerprint density at radius 3 is 2.12 bits per heavy atom. The van der Waals surface area contributed by atoms with E-state index < -0.39 is 0 Å². The van der Waals surface area contributed by atoms with Gasteiger partial charge in [-0.1, -0.05) is 32.9 Å². The van der Waals surface area contributed by atoms with Gasteiger partial charge in [-0.2, -0.15) is 0 Å². The minimum absolute atomic E-state index is 0.286. The highest BCUT2D eigenvalue weighted by Crippen LogP contribution is 2.72. The van der Waals surface area contributed by atoms with E-state index in [9.17, 15) is 0 Å². The van der Waals surface area contributed by atoms with E-state index in [4.69, 9.17) is 0 Å². The fraction of sp³-hybridized carbons (Fsp3) is 0.833. The van der Waals surface area contributed by atoms with Crippen molar-refractivity contribution in [2.75, 3.05) is 7.05 Å². The zero-order chi connectivity index (χ0) is 13.0. The first-order valence-corrected chi connectivity index (χ1v) is 6.76. The highest BCUT2D eigenvalue weighted by molar-refractivity contribution is 9.10. The normalized spacial score (nSPS) is 23.7. The van der Waals surface area contributed by atoms with Crippen LogP contribution >= 0.6 is 15.9 Å². The molecule has 1 aromatic heterocycles. The molecule has 1 heterocycles. The summed E-state index contributed by atoms with van der Waals surface area (Å²) in [5, 5.41) is 11.6. The van der Waals surface area contributed by atoms with Gasteiger partial charge in [-0.15, -0.1) is 5.10 Å². The van der Waals surface area contributed by atoms with Crippen molar-refractivity contribution in [2.24, 2.45) is 23.8 Å². The summed E-state index contributed by atoms with van der Waals surface area (Å²) in [4.78, 5) is 0. The molecule has 0 bridgehead atoms. The van der Waals surface area contributed by atoms with Crippen molar-refractivity contribution in [3.05, 3.63) is 10.3 Å². The van der Waals surface area contributed by atoms with Crippen LogP contribution in [0.3, 0.4) is 0 Å². The van der Waals surface area contributed by atoms with E-state index in [1.165, 1.54) is 0 Å². The number of nitrogens with one attached hydrogen (secondary N) is 1. The third-order valence-corrected chi connectivity index (χ3v) is 5.46. The molecule has 5 heteroatoms. The van der Waals surface area contributed by atoms with Gasteiger partial charge in [0.2, 0.25) is 0 Å². The SMILES string of the molecule is CNC(c1c(Br)nnn1C)C1C(C)(C)C1(C)C. The van der Waals surface area contributed by atoms with Crippen molar-refractivity contribution in [1.82, 2.24) is 20.3 Å². The zero-order valence-corrected chi connectivity index (χ0v) is 13.0. The smallest absolute Gasteiger partial charge is 0.153 e. The molecule has 0 aliphatic heterocycles. The highest BCUT2D eigenvalue weighted by Gasteiger charge is 2.67. The van der Waals surface area contributed by atoms with E-state index in [1.54, 1.807) is 0 Å². The third kappa shape index (κ3) is 1.66. The Bertz CT molecular complexity index is 402. The number of halogens is 1. The van der Waals surface area contributed by atoms with Gasteiger partial charge in [-0.25, -0.2) is 4.68 Å². The van der Waals surface area contributed by atoms with Crippen LogP contribution in [-0.4, -0.2) is 22.0 Å². The highest BCUT2D eigenvalue weighted by atomic mass is 79.9. The fourth-order valence-corrected chi connectivity index (χ4v) is 3.79. The first kappa shape index (κ1) is 13.0. The van der Waals surface area contributed by atoms with Gasteiger partial charge >= 0.3 is 0 Å². The standard InChI is InChI=1S/C12H21BrN4/c1-11(2)9(12(11,3)4)7(14-5)8-10(13)15-16-17(8)6/h7,9,14H,1-6H3. The first-order valence-electron chi connectivity index (χ1n) is 5.97. The number of aromatic nitrogens is 3. The number of hydrogen-bond acceptors (Lipinski definition) is 3. The summed E-state index contributed by atoms with van der Waals surface area (Å²) in [7, 11) is 3.95. The van der Waals surface area contributed by atoms with Crippen LogP contribution in [-0.2, 0) is 7.05 Å². The quantitative estimate of drug-likeness (QED) is 0.933. The molecule has 0 amide bonds. The van der Waals surface area contributed by atoms with Gasteiger partial charge in [0.15, 0.2) is 4.60 Å². The fourth-order valence-electron chi connectivity index (χ4n) is 3.21. The molecule has 1 fully saturated rings. The molecule has 0 radical (unpaired) electrons. The Kier molecular flexibility index (Phi) is 2.90. The molecule has 1 aliphatic carbocycles. The topological polar surface area (TPSA) is 42.7 Å². The maximum atomic E-state index is 4.08. The Morgan fingerprint density at radius 1 is 1.29 bits per heavy atom. The van der Waals surface area contributed by atoms with Crippen molar-refractivity contribution >= 4 is 15.9 Å². The van der Waals surface area contributed by atoms with Crippen molar-refractivity contribution in [3.8, 4) is 0 Å². The Labute approximate surface area is 111 Å².